The number of aliphatic hydroxyl groups is 1. The van der Waals surface area contributed by atoms with E-state index in [1.165, 1.54) is 38.9 Å². The molecule has 1 unspecified atom stereocenters. The zero-order valence-corrected chi connectivity index (χ0v) is 11.6. The molecule has 0 aliphatic heterocycles. The molecule has 0 aromatic heterocycles. The van der Waals surface area contributed by atoms with E-state index in [9.17, 15) is 5.11 Å². The summed E-state index contributed by atoms with van der Waals surface area (Å²) in [5.74, 6) is 0. The van der Waals surface area contributed by atoms with E-state index in [0.717, 1.165) is 17.4 Å². The maximum atomic E-state index is 9.86. The van der Waals surface area contributed by atoms with Gasteiger partial charge in [-0.25, -0.2) is 0 Å². The van der Waals surface area contributed by atoms with Gasteiger partial charge in [0, 0.05) is 0 Å². The number of hydrogen-bond acceptors (Lipinski definition) is 2. The molecular formula is C13H31NO2. The molecule has 0 bridgehead atoms. The summed E-state index contributed by atoms with van der Waals surface area (Å²) in [6.45, 7) is 13.4. The topological polar surface area (TPSA) is 50.2 Å². The standard InChI is InChI=1S/C13H30NO.H2O/c1-5-9-14(10-6-2,11-7-3)12-13(15)8-4;/h13,15H,5-12H2,1-4H3;1H2/q+1;/p-1. The molecule has 100 valence electrons. The fraction of sp³-hybridized carbons (Fsp3) is 1.00. The normalized spacial score (nSPS) is 13.3. The van der Waals surface area contributed by atoms with E-state index < -0.39 is 0 Å². The lowest BCUT2D eigenvalue weighted by molar-refractivity contribution is -0.931. The van der Waals surface area contributed by atoms with Gasteiger partial charge in [0.1, 0.15) is 12.6 Å². The Morgan fingerprint density at radius 2 is 1.25 bits per heavy atom. The Kier molecular flexibility index (Phi) is 11.5. The summed E-state index contributed by atoms with van der Waals surface area (Å²) >= 11 is 0. The third kappa shape index (κ3) is 6.46. The van der Waals surface area contributed by atoms with Gasteiger partial charge in [-0.15, -0.1) is 0 Å². The van der Waals surface area contributed by atoms with Crippen molar-refractivity contribution in [1.82, 2.24) is 0 Å². The van der Waals surface area contributed by atoms with E-state index in [-0.39, 0.29) is 11.6 Å². The summed E-state index contributed by atoms with van der Waals surface area (Å²) in [6, 6.07) is 0. The van der Waals surface area contributed by atoms with Crippen LogP contribution < -0.4 is 0 Å². The Hall–Kier alpha value is -0.120. The lowest BCUT2D eigenvalue weighted by Gasteiger charge is -2.39. The van der Waals surface area contributed by atoms with Crippen molar-refractivity contribution < 1.29 is 15.1 Å². The van der Waals surface area contributed by atoms with E-state index in [0.29, 0.717) is 0 Å². The Bertz CT molecular complexity index is 134. The first kappa shape index (κ1) is 18.3. The molecule has 0 rings (SSSR count). The number of quaternary nitrogens is 1. The van der Waals surface area contributed by atoms with Crippen molar-refractivity contribution in [3.8, 4) is 0 Å². The van der Waals surface area contributed by atoms with Crippen molar-refractivity contribution in [3.05, 3.63) is 0 Å². The summed E-state index contributed by atoms with van der Waals surface area (Å²) in [6.07, 6.45) is 4.43. The minimum atomic E-state index is -0.116. The van der Waals surface area contributed by atoms with E-state index >= 15 is 0 Å². The van der Waals surface area contributed by atoms with Gasteiger partial charge in [0.15, 0.2) is 0 Å². The highest BCUT2D eigenvalue weighted by molar-refractivity contribution is 4.54. The van der Waals surface area contributed by atoms with Crippen LogP contribution in [-0.4, -0.2) is 47.3 Å². The van der Waals surface area contributed by atoms with Gasteiger partial charge in [-0.2, -0.15) is 0 Å². The molecule has 0 aliphatic carbocycles. The highest BCUT2D eigenvalue weighted by atomic mass is 16.3. The molecule has 3 heteroatoms. The maximum Gasteiger partial charge on any atom is 0.105 e. The molecule has 2 N–H and O–H groups in total. The van der Waals surface area contributed by atoms with Gasteiger partial charge in [-0.1, -0.05) is 27.7 Å². The summed E-state index contributed by atoms with van der Waals surface area (Å²) in [7, 11) is 0. The van der Waals surface area contributed by atoms with Crippen LogP contribution in [0.5, 0.6) is 0 Å². The summed E-state index contributed by atoms with van der Waals surface area (Å²) in [5, 5.41) is 9.86. The molecule has 0 spiro atoms. The SMILES string of the molecule is CCC[N+](CCC)(CCC)CC(O)CC.[OH-]. The fourth-order valence-electron chi connectivity index (χ4n) is 2.61. The van der Waals surface area contributed by atoms with Crippen molar-refractivity contribution >= 4 is 0 Å². The first-order valence-corrected chi connectivity index (χ1v) is 6.67. The number of aliphatic hydroxyl groups excluding tert-OH is 1. The van der Waals surface area contributed by atoms with Crippen molar-refractivity contribution in [2.75, 3.05) is 26.2 Å². The van der Waals surface area contributed by atoms with Crippen LogP contribution in [0.25, 0.3) is 0 Å². The smallest absolute Gasteiger partial charge is 0.105 e. The van der Waals surface area contributed by atoms with Crippen LogP contribution in [-0.2, 0) is 0 Å². The zero-order chi connectivity index (χ0) is 11.7. The molecule has 0 radical (unpaired) electrons. The van der Waals surface area contributed by atoms with Crippen molar-refractivity contribution in [2.24, 2.45) is 0 Å². The first-order chi connectivity index (χ1) is 7.14. The van der Waals surface area contributed by atoms with E-state index in [1.807, 2.05) is 0 Å². The fourth-order valence-corrected chi connectivity index (χ4v) is 2.61. The summed E-state index contributed by atoms with van der Waals surface area (Å²) in [5.41, 5.74) is 0. The van der Waals surface area contributed by atoms with Gasteiger partial charge in [0.05, 0.1) is 19.6 Å². The van der Waals surface area contributed by atoms with Crippen LogP contribution in [0.4, 0.5) is 0 Å². The lowest BCUT2D eigenvalue weighted by atomic mass is 10.1. The minimum absolute atomic E-state index is 0. The van der Waals surface area contributed by atoms with Crippen LogP contribution in [0, 0.1) is 0 Å². The zero-order valence-electron chi connectivity index (χ0n) is 11.6. The van der Waals surface area contributed by atoms with Crippen molar-refractivity contribution in [3.63, 3.8) is 0 Å². The van der Waals surface area contributed by atoms with E-state index in [2.05, 4.69) is 27.7 Å². The lowest BCUT2D eigenvalue weighted by Crippen LogP contribution is -2.53. The molecule has 16 heavy (non-hydrogen) atoms. The molecule has 0 heterocycles. The third-order valence-electron chi connectivity index (χ3n) is 3.16. The van der Waals surface area contributed by atoms with Gasteiger partial charge < -0.3 is 15.1 Å². The molecule has 0 aromatic rings. The molecule has 3 nitrogen and oxygen atoms in total. The second-order valence-corrected chi connectivity index (χ2v) is 4.76. The van der Waals surface area contributed by atoms with Gasteiger partial charge >= 0.3 is 0 Å². The van der Waals surface area contributed by atoms with Crippen LogP contribution in [0.1, 0.15) is 53.4 Å². The number of rotatable bonds is 9. The first-order valence-electron chi connectivity index (χ1n) is 6.67. The Morgan fingerprint density at radius 1 is 0.875 bits per heavy atom. The predicted octanol–water partition coefficient (Wildman–Crippen LogP) is 2.63. The molecule has 0 saturated heterocycles. The van der Waals surface area contributed by atoms with Crippen LogP contribution in [0.3, 0.4) is 0 Å². The molecule has 0 amide bonds. The Morgan fingerprint density at radius 3 is 1.50 bits per heavy atom. The molecule has 0 aliphatic rings. The average Bonchev–Trinajstić information content (AvgIpc) is 2.18. The second-order valence-electron chi connectivity index (χ2n) is 4.76. The van der Waals surface area contributed by atoms with E-state index in [1.54, 1.807) is 0 Å². The van der Waals surface area contributed by atoms with Gasteiger partial charge in [-0.05, 0) is 25.7 Å². The molecule has 1 atom stereocenters. The summed E-state index contributed by atoms with van der Waals surface area (Å²) < 4.78 is 1.12. The molecular weight excluding hydrogens is 202 g/mol. The minimum Gasteiger partial charge on any atom is -0.870 e. The number of hydrogen-bond donors (Lipinski definition) is 1. The monoisotopic (exact) mass is 233 g/mol. The van der Waals surface area contributed by atoms with E-state index in [4.69, 9.17) is 0 Å². The highest BCUT2D eigenvalue weighted by Gasteiger charge is 2.27. The maximum absolute atomic E-state index is 9.86. The molecule has 0 aromatic carbocycles. The molecule has 0 fully saturated rings. The number of nitrogens with zero attached hydrogens (tertiary/aromatic N) is 1. The Labute approximate surface area is 101 Å². The van der Waals surface area contributed by atoms with Gasteiger partial charge in [0.2, 0.25) is 0 Å². The summed E-state index contributed by atoms with van der Waals surface area (Å²) in [4.78, 5) is 0. The quantitative estimate of drug-likeness (QED) is 0.622. The van der Waals surface area contributed by atoms with Crippen LogP contribution in [0.2, 0.25) is 0 Å². The van der Waals surface area contributed by atoms with Gasteiger partial charge in [0.25, 0.3) is 0 Å². The van der Waals surface area contributed by atoms with Crippen LogP contribution in [0.15, 0.2) is 0 Å². The van der Waals surface area contributed by atoms with Crippen molar-refractivity contribution in [1.29, 1.82) is 0 Å². The highest BCUT2D eigenvalue weighted by Crippen LogP contribution is 2.14. The largest absolute Gasteiger partial charge is 0.870 e. The predicted molar refractivity (Wildman–Crippen MR) is 68.8 cm³/mol. The van der Waals surface area contributed by atoms with Crippen molar-refractivity contribution in [2.45, 2.75) is 59.5 Å². The average molecular weight is 233 g/mol. The van der Waals surface area contributed by atoms with Crippen LogP contribution >= 0.6 is 0 Å². The Balaban J connectivity index is 0. The van der Waals surface area contributed by atoms with Gasteiger partial charge in [-0.3, -0.25) is 0 Å². The second kappa shape index (κ2) is 10.1. The third-order valence-corrected chi connectivity index (χ3v) is 3.16. The molecule has 0 saturated carbocycles.